The van der Waals surface area contributed by atoms with Crippen molar-refractivity contribution in [2.75, 3.05) is 20.3 Å². The first-order chi connectivity index (χ1) is 11.0. The van der Waals surface area contributed by atoms with Crippen LogP contribution in [0.3, 0.4) is 0 Å². The van der Waals surface area contributed by atoms with Crippen molar-refractivity contribution in [3.05, 3.63) is 48.1 Å². The minimum atomic E-state index is -0.286. The molecule has 0 saturated heterocycles. The number of aromatic nitrogens is 1. The van der Waals surface area contributed by atoms with Gasteiger partial charge in [0.25, 0.3) is 0 Å². The van der Waals surface area contributed by atoms with Crippen LogP contribution in [0, 0.1) is 12.7 Å². The average molecular weight is 318 g/mol. The number of methoxy groups -OCH3 is 1. The molecule has 4 nitrogen and oxygen atoms in total. The van der Waals surface area contributed by atoms with Crippen LogP contribution in [0.2, 0.25) is 0 Å². The Morgan fingerprint density at radius 2 is 2.00 bits per heavy atom. The minimum absolute atomic E-state index is 0.286. The van der Waals surface area contributed by atoms with E-state index in [2.05, 4.69) is 23.3 Å². The van der Waals surface area contributed by atoms with Gasteiger partial charge in [0.05, 0.1) is 12.1 Å². The predicted molar refractivity (Wildman–Crippen MR) is 92.8 cm³/mol. The monoisotopic (exact) mass is 318 g/mol. The van der Waals surface area contributed by atoms with Gasteiger partial charge in [-0.05, 0) is 32.7 Å². The van der Waals surface area contributed by atoms with Crippen LogP contribution in [-0.4, -0.2) is 32.0 Å². The third-order valence-corrected chi connectivity index (χ3v) is 2.88. The molecule has 2 aromatic rings. The molecule has 0 aliphatic carbocycles. The number of fused-ring (bicyclic) bond motifs is 1. The standard InChI is InChI=1S/C14H16FNO2.C4H7N/c1-10-8-14(18-7-3-6-17-2)12-5-4-11(15)9-13(12)16-10;1-4(2)5-3/h4-5,8-9H,3,6-7H2,1-2H3;1,3H2,2H3. The van der Waals surface area contributed by atoms with Crippen molar-refractivity contribution >= 4 is 17.6 Å². The fourth-order valence-corrected chi connectivity index (χ4v) is 1.80. The van der Waals surface area contributed by atoms with Crippen LogP contribution in [0.1, 0.15) is 19.0 Å². The van der Waals surface area contributed by atoms with Gasteiger partial charge in [0.15, 0.2) is 0 Å². The Kier molecular flexibility index (Phi) is 7.91. The van der Waals surface area contributed by atoms with Crippen molar-refractivity contribution in [1.82, 2.24) is 4.98 Å². The molecule has 0 fully saturated rings. The Hall–Kier alpha value is -2.27. The highest BCUT2D eigenvalue weighted by molar-refractivity contribution is 5.85. The summed E-state index contributed by atoms with van der Waals surface area (Å²) >= 11 is 0. The first kappa shape index (κ1) is 18.8. The van der Waals surface area contributed by atoms with E-state index in [1.54, 1.807) is 20.1 Å². The summed E-state index contributed by atoms with van der Waals surface area (Å²) in [4.78, 5) is 7.74. The van der Waals surface area contributed by atoms with E-state index in [0.717, 1.165) is 28.9 Å². The molecular weight excluding hydrogens is 295 g/mol. The third-order valence-electron chi connectivity index (χ3n) is 2.88. The molecule has 0 atom stereocenters. The fraction of sp³-hybridized carbons (Fsp3) is 0.333. The van der Waals surface area contributed by atoms with E-state index in [-0.39, 0.29) is 5.82 Å². The van der Waals surface area contributed by atoms with Crippen LogP contribution in [0.4, 0.5) is 4.39 Å². The van der Waals surface area contributed by atoms with E-state index < -0.39 is 0 Å². The number of nitrogens with zero attached hydrogens (tertiary/aromatic N) is 2. The number of hydrogen-bond acceptors (Lipinski definition) is 4. The second kappa shape index (κ2) is 9.69. The number of aryl methyl sites for hydroxylation is 1. The lowest BCUT2D eigenvalue weighted by atomic mass is 10.2. The van der Waals surface area contributed by atoms with E-state index in [1.807, 2.05) is 13.0 Å². The molecule has 1 heterocycles. The first-order valence-electron chi connectivity index (χ1n) is 7.28. The lowest BCUT2D eigenvalue weighted by Crippen LogP contribution is -2.02. The van der Waals surface area contributed by atoms with E-state index in [4.69, 9.17) is 9.47 Å². The molecular formula is C18H23FN2O2. The summed E-state index contributed by atoms with van der Waals surface area (Å²) in [6.45, 7) is 11.6. The van der Waals surface area contributed by atoms with Gasteiger partial charge in [-0.15, -0.1) is 0 Å². The highest BCUT2D eigenvalue weighted by Crippen LogP contribution is 2.26. The highest BCUT2D eigenvalue weighted by Gasteiger charge is 2.06. The van der Waals surface area contributed by atoms with Gasteiger partial charge < -0.3 is 9.47 Å². The number of halogens is 1. The topological polar surface area (TPSA) is 43.7 Å². The quantitative estimate of drug-likeness (QED) is 0.588. The zero-order chi connectivity index (χ0) is 17.2. The summed E-state index contributed by atoms with van der Waals surface area (Å²) in [7, 11) is 1.66. The van der Waals surface area contributed by atoms with Crippen molar-refractivity contribution in [3.63, 3.8) is 0 Å². The zero-order valence-corrected chi connectivity index (χ0v) is 13.9. The summed E-state index contributed by atoms with van der Waals surface area (Å²) in [6, 6.07) is 6.40. The van der Waals surface area contributed by atoms with E-state index in [1.165, 1.54) is 12.1 Å². The molecule has 0 amide bonds. The van der Waals surface area contributed by atoms with E-state index >= 15 is 0 Å². The summed E-state index contributed by atoms with van der Waals surface area (Å²) in [5.41, 5.74) is 2.21. The summed E-state index contributed by atoms with van der Waals surface area (Å²) in [5.74, 6) is 0.458. The number of benzene rings is 1. The largest absolute Gasteiger partial charge is 0.493 e. The van der Waals surface area contributed by atoms with Gasteiger partial charge in [-0.2, -0.15) is 0 Å². The molecule has 0 unspecified atom stereocenters. The van der Waals surface area contributed by atoms with Gasteiger partial charge in [-0.1, -0.05) is 6.58 Å². The molecule has 1 aromatic heterocycles. The molecule has 0 bridgehead atoms. The van der Waals surface area contributed by atoms with Crippen LogP contribution in [0.25, 0.3) is 10.9 Å². The van der Waals surface area contributed by atoms with Crippen molar-refractivity contribution in [2.45, 2.75) is 20.3 Å². The second-order valence-electron chi connectivity index (χ2n) is 5.01. The Morgan fingerprint density at radius 1 is 1.30 bits per heavy atom. The number of rotatable bonds is 6. The van der Waals surface area contributed by atoms with Crippen molar-refractivity contribution in [1.29, 1.82) is 0 Å². The van der Waals surface area contributed by atoms with Crippen LogP contribution < -0.4 is 4.74 Å². The maximum atomic E-state index is 13.2. The van der Waals surface area contributed by atoms with Crippen LogP contribution in [0.5, 0.6) is 5.75 Å². The zero-order valence-electron chi connectivity index (χ0n) is 13.9. The second-order valence-corrected chi connectivity index (χ2v) is 5.01. The van der Waals surface area contributed by atoms with Crippen LogP contribution >= 0.6 is 0 Å². The third kappa shape index (κ3) is 6.57. The minimum Gasteiger partial charge on any atom is -0.493 e. The molecule has 0 saturated carbocycles. The molecule has 0 radical (unpaired) electrons. The molecule has 23 heavy (non-hydrogen) atoms. The molecule has 0 spiro atoms. The maximum absolute atomic E-state index is 13.2. The Balaban J connectivity index is 0.000000463. The van der Waals surface area contributed by atoms with E-state index in [0.29, 0.717) is 18.7 Å². The van der Waals surface area contributed by atoms with E-state index in [9.17, 15) is 4.39 Å². The summed E-state index contributed by atoms with van der Waals surface area (Å²) < 4.78 is 23.8. The maximum Gasteiger partial charge on any atom is 0.130 e. The van der Waals surface area contributed by atoms with Crippen molar-refractivity contribution in [3.8, 4) is 5.75 Å². The summed E-state index contributed by atoms with van der Waals surface area (Å²) in [5, 5.41) is 0.833. The summed E-state index contributed by atoms with van der Waals surface area (Å²) in [6.07, 6.45) is 0.820. The highest BCUT2D eigenvalue weighted by atomic mass is 19.1. The SMILES string of the molecule is C=NC(=C)C.COCCCOc1cc(C)nc2cc(F)ccc12. The fourth-order valence-electron chi connectivity index (χ4n) is 1.80. The molecule has 1 aromatic carbocycles. The smallest absolute Gasteiger partial charge is 0.130 e. The van der Waals surface area contributed by atoms with Crippen molar-refractivity contribution in [2.24, 2.45) is 4.99 Å². The van der Waals surface area contributed by atoms with Gasteiger partial charge in [0, 0.05) is 49.0 Å². The van der Waals surface area contributed by atoms with Gasteiger partial charge in [-0.3, -0.25) is 9.98 Å². The molecule has 0 aliphatic rings. The normalized spacial score (nSPS) is 9.91. The molecule has 5 heteroatoms. The van der Waals surface area contributed by atoms with Gasteiger partial charge in [0.2, 0.25) is 0 Å². The van der Waals surface area contributed by atoms with Crippen LogP contribution in [0.15, 0.2) is 41.5 Å². The number of pyridine rings is 1. The van der Waals surface area contributed by atoms with Gasteiger partial charge in [0.1, 0.15) is 11.6 Å². The number of allylic oxidation sites excluding steroid dienone is 1. The Morgan fingerprint density at radius 3 is 2.61 bits per heavy atom. The van der Waals surface area contributed by atoms with Gasteiger partial charge >= 0.3 is 0 Å². The lowest BCUT2D eigenvalue weighted by molar-refractivity contribution is 0.172. The molecule has 124 valence electrons. The average Bonchev–Trinajstić information content (AvgIpc) is 2.51. The van der Waals surface area contributed by atoms with Crippen molar-refractivity contribution < 1.29 is 13.9 Å². The number of aliphatic imine (C=N–C) groups is 1. The Bertz CT molecular complexity index is 666. The first-order valence-corrected chi connectivity index (χ1v) is 7.28. The van der Waals surface area contributed by atoms with Gasteiger partial charge in [-0.25, -0.2) is 4.39 Å². The molecule has 0 N–H and O–H groups in total. The molecule has 0 aliphatic heterocycles. The Labute approximate surface area is 136 Å². The molecule has 2 rings (SSSR count). The number of hydrogen-bond donors (Lipinski definition) is 0. The number of ether oxygens (including phenoxy) is 2. The van der Waals surface area contributed by atoms with Crippen LogP contribution in [-0.2, 0) is 4.74 Å². The lowest BCUT2D eigenvalue weighted by Gasteiger charge is -2.10. The predicted octanol–water partition coefficient (Wildman–Crippen LogP) is 4.32.